The van der Waals surface area contributed by atoms with Gasteiger partial charge in [0, 0.05) is 19.1 Å². The van der Waals surface area contributed by atoms with Crippen molar-refractivity contribution < 1.29 is 17.6 Å². The monoisotopic (exact) mass is 314 g/mol. The number of sulfone groups is 1. The van der Waals surface area contributed by atoms with E-state index < -0.39 is 21.6 Å². The molecule has 1 saturated heterocycles. The Hall–Kier alpha value is -1.47. The largest absolute Gasteiger partial charge is 0.334 e. The van der Waals surface area contributed by atoms with Crippen LogP contribution in [0.2, 0.25) is 0 Å². The number of carbonyl (C=O) groups is 1. The fraction of sp³-hybridized carbons (Fsp3) is 0.500. The van der Waals surface area contributed by atoms with Crippen molar-refractivity contribution in [3.8, 4) is 0 Å². The molecule has 0 bridgehead atoms. The van der Waals surface area contributed by atoms with E-state index >= 15 is 0 Å². The molecule has 1 aromatic carbocycles. The molecule has 7 heteroatoms. The lowest BCUT2D eigenvalue weighted by molar-refractivity contribution is 0.0736. The van der Waals surface area contributed by atoms with Crippen LogP contribution < -0.4 is 5.73 Å². The van der Waals surface area contributed by atoms with Crippen LogP contribution in [-0.2, 0) is 9.84 Å². The van der Waals surface area contributed by atoms with Crippen LogP contribution in [0.25, 0.3) is 0 Å². The third-order valence-electron chi connectivity index (χ3n) is 3.82. The van der Waals surface area contributed by atoms with Gasteiger partial charge in [-0.25, -0.2) is 12.8 Å². The molecule has 0 unspecified atom stereocenters. The third-order valence-corrected chi connectivity index (χ3v) is 5.55. The Balaban J connectivity index is 2.39. The van der Waals surface area contributed by atoms with Crippen LogP contribution in [-0.4, -0.2) is 44.1 Å². The molecule has 1 aliphatic rings. The molecule has 21 heavy (non-hydrogen) atoms. The summed E-state index contributed by atoms with van der Waals surface area (Å²) in [4.78, 5) is 13.9. The average molecular weight is 314 g/mol. The topological polar surface area (TPSA) is 80.5 Å². The lowest BCUT2D eigenvalue weighted by Crippen LogP contribution is -2.40. The second-order valence-electron chi connectivity index (χ2n) is 5.08. The predicted octanol–water partition coefficient (Wildman–Crippen LogP) is 1.18. The van der Waals surface area contributed by atoms with Crippen molar-refractivity contribution >= 4 is 15.7 Å². The maximum Gasteiger partial charge on any atom is 0.257 e. The van der Waals surface area contributed by atoms with Gasteiger partial charge in [-0.05, 0) is 31.0 Å². The summed E-state index contributed by atoms with van der Waals surface area (Å²) in [7, 11) is -3.48. The molecule has 0 aliphatic carbocycles. The zero-order valence-corrected chi connectivity index (χ0v) is 12.7. The quantitative estimate of drug-likeness (QED) is 0.846. The van der Waals surface area contributed by atoms with Crippen molar-refractivity contribution in [3.63, 3.8) is 0 Å². The standard InChI is InChI=1S/C14H19FN2O3S/c1-2-21(19,20)11-5-6-13(15)12(8-11)14(18)17-7-3-4-10(17)9-16/h5-6,8,10H,2-4,7,9,16H2,1H3/t10-/m1/s1. The minimum atomic E-state index is -3.48. The first-order valence-electron chi connectivity index (χ1n) is 6.94. The average Bonchev–Trinajstić information content (AvgIpc) is 2.95. The maximum atomic E-state index is 13.9. The van der Waals surface area contributed by atoms with Gasteiger partial charge in [-0.2, -0.15) is 0 Å². The summed E-state index contributed by atoms with van der Waals surface area (Å²) in [5, 5.41) is 0. The minimum Gasteiger partial charge on any atom is -0.334 e. The molecule has 0 spiro atoms. The number of benzene rings is 1. The molecule has 2 rings (SSSR count). The molecule has 2 N–H and O–H groups in total. The number of nitrogens with zero attached hydrogens (tertiary/aromatic N) is 1. The molecule has 1 atom stereocenters. The fourth-order valence-electron chi connectivity index (χ4n) is 2.53. The molecular weight excluding hydrogens is 295 g/mol. The highest BCUT2D eigenvalue weighted by Gasteiger charge is 2.30. The summed E-state index contributed by atoms with van der Waals surface area (Å²) in [5.74, 6) is -1.30. The molecule has 116 valence electrons. The summed E-state index contributed by atoms with van der Waals surface area (Å²) >= 11 is 0. The van der Waals surface area contributed by atoms with E-state index in [-0.39, 0.29) is 22.3 Å². The van der Waals surface area contributed by atoms with Crippen LogP contribution in [0.3, 0.4) is 0 Å². The maximum absolute atomic E-state index is 13.9. The summed E-state index contributed by atoms with van der Waals surface area (Å²) in [6, 6.07) is 3.24. The number of hydrogen-bond donors (Lipinski definition) is 1. The van der Waals surface area contributed by atoms with Gasteiger partial charge in [0.2, 0.25) is 0 Å². The Bertz CT molecular complexity index is 646. The van der Waals surface area contributed by atoms with Crippen LogP contribution >= 0.6 is 0 Å². The van der Waals surface area contributed by atoms with E-state index in [1.807, 2.05) is 0 Å². The third kappa shape index (κ3) is 3.08. The summed E-state index contributed by atoms with van der Waals surface area (Å²) < 4.78 is 37.6. The number of likely N-dealkylation sites (tertiary alicyclic amines) is 1. The van der Waals surface area contributed by atoms with E-state index in [9.17, 15) is 17.6 Å². The lowest BCUT2D eigenvalue weighted by Gasteiger charge is -2.23. The zero-order chi connectivity index (χ0) is 15.6. The van der Waals surface area contributed by atoms with Gasteiger partial charge in [-0.3, -0.25) is 4.79 Å². The minimum absolute atomic E-state index is 0.0294. The Kier molecular flexibility index (Phi) is 4.63. The summed E-state index contributed by atoms with van der Waals surface area (Å²) in [5.41, 5.74) is 5.41. The van der Waals surface area contributed by atoms with E-state index in [0.29, 0.717) is 13.1 Å². The van der Waals surface area contributed by atoms with E-state index in [0.717, 1.165) is 25.0 Å². The van der Waals surface area contributed by atoms with Gasteiger partial charge in [-0.15, -0.1) is 0 Å². The van der Waals surface area contributed by atoms with E-state index in [1.165, 1.54) is 17.9 Å². The van der Waals surface area contributed by atoms with Gasteiger partial charge >= 0.3 is 0 Å². The molecule has 1 heterocycles. The van der Waals surface area contributed by atoms with Crippen molar-refractivity contribution in [3.05, 3.63) is 29.6 Å². The molecular formula is C14H19FN2O3S. The first kappa shape index (κ1) is 15.9. The highest BCUT2D eigenvalue weighted by molar-refractivity contribution is 7.91. The Morgan fingerprint density at radius 3 is 2.81 bits per heavy atom. The molecule has 1 aromatic rings. The highest BCUT2D eigenvalue weighted by atomic mass is 32.2. The van der Waals surface area contributed by atoms with Crippen LogP contribution in [0.4, 0.5) is 4.39 Å². The van der Waals surface area contributed by atoms with Crippen molar-refractivity contribution in [2.45, 2.75) is 30.7 Å². The molecule has 1 aliphatic heterocycles. The number of nitrogens with two attached hydrogens (primary N) is 1. The molecule has 1 fully saturated rings. The number of rotatable bonds is 4. The van der Waals surface area contributed by atoms with Gasteiger partial charge in [0.1, 0.15) is 5.82 Å². The van der Waals surface area contributed by atoms with Crippen LogP contribution in [0, 0.1) is 5.82 Å². The summed E-state index contributed by atoms with van der Waals surface area (Å²) in [6.07, 6.45) is 1.61. The number of amides is 1. The highest BCUT2D eigenvalue weighted by Crippen LogP contribution is 2.23. The molecule has 0 saturated carbocycles. The van der Waals surface area contributed by atoms with Gasteiger partial charge in [0.25, 0.3) is 5.91 Å². The van der Waals surface area contributed by atoms with E-state index in [1.54, 1.807) is 0 Å². The second-order valence-corrected chi connectivity index (χ2v) is 7.35. The fourth-order valence-corrected chi connectivity index (χ4v) is 3.44. The normalized spacial score (nSPS) is 19.0. The van der Waals surface area contributed by atoms with E-state index in [4.69, 9.17) is 5.73 Å². The van der Waals surface area contributed by atoms with Crippen molar-refractivity contribution in [1.82, 2.24) is 4.90 Å². The van der Waals surface area contributed by atoms with Gasteiger partial charge in [0.15, 0.2) is 9.84 Å². The molecule has 0 radical (unpaired) electrons. The number of halogens is 1. The Morgan fingerprint density at radius 2 is 2.19 bits per heavy atom. The lowest BCUT2D eigenvalue weighted by atomic mass is 10.1. The molecule has 1 amide bonds. The van der Waals surface area contributed by atoms with Gasteiger partial charge in [0.05, 0.1) is 16.2 Å². The van der Waals surface area contributed by atoms with Crippen LogP contribution in [0.15, 0.2) is 23.1 Å². The van der Waals surface area contributed by atoms with Crippen LogP contribution in [0.1, 0.15) is 30.1 Å². The number of carbonyl (C=O) groups excluding carboxylic acids is 1. The van der Waals surface area contributed by atoms with Gasteiger partial charge < -0.3 is 10.6 Å². The van der Waals surface area contributed by atoms with Gasteiger partial charge in [-0.1, -0.05) is 6.92 Å². The Labute approximate surface area is 123 Å². The van der Waals surface area contributed by atoms with Crippen molar-refractivity contribution in [1.29, 1.82) is 0 Å². The summed E-state index contributed by atoms with van der Waals surface area (Å²) in [6.45, 7) is 2.34. The van der Waals surface area contributed by atoms with Crippen molar-refractivity contribution in [2.75, 3.05) is 18.8 Å². The molecule has 5 nitrogen and oxygen atoms in total. The second kappa shape index (κ2) is 6.11. The SMILES string of the molecule is CCS(=O)(=O)c1ccc(F)c(C(=O)N2CCC[C@@H]2CN)c1. The van der Waals surface area contributed by atoms with Crippen LogP contribution in [0.5, 0.6) is 0 Å². The van der Waals surface area contributed by atoms with Crippen molar-refractivity contribution in [2.24, 2.45) is 5.73 Å². The first-order valence-corrected chi connectivity index (χ1v) is 8.59. The predicted molar refractivity (Wildman–Crippen MR) is 77.2 cm³/mol. The smallest absolute Gasteiger partial charge is 0.257 e. The molecule has 0 aromatic heterocycles. The van der Waals surface area contributed by atoms with E-state index in [2.05, 4.69) is 0 Å². The Morgan fingerprint density at radius 1 is 1.48 bits per heavy atom. The first-order chi connectivity index (χ1) is 9.90. The number of hydrogen-bond acceptors (Lipinski definition) is 4. The zero-order valence-electron chi connectivity index (χ0n) is 11.9.